The Labute approximate surface area is 167 Å². The van der Waals surface area contributed by atoms with Crippen LogP contribution in [0.4, 0.5) is 0 Å². The van der Waals surface area contributed by atoms with E-state index in [4.69, 9.17) is 4.74 Å². The van der Waals surface area contributed by atoms with E-state index in [0.717, 1.165) is 50.3 Å². The van der Waals surface area contributed by atoms with Gasteiger partial charge in [-0.2, -0.15) is 0 Å². The van der Waals surface area contributed by atoms with Gasteiger partial charge >= 0.3 is 0 Å². The first-order valence-electron chi connectivity index (χ1n) is 10.1. The normalized spacial score (nSPS) is 19.1. The van der Waals surface area contributed by atoms with Crippen molar-refractivity contribution in [1.82, 2.24) is 20.0 Å². The zero-order valence-corrected chi connectivity index (χ0v) is 17.2. The fraction of sp³-hybridized carbons (Fsp3) is 0.619. The number of likely N-dealkylation sites (N-methyl/N-ethyl adjacent to an activating group) is 1. The average Bonchev–Trinajstić information content (AvgIpc) is 3.52. The van der Waals surface area contributed by atoms with Gasteiger partial charge in [0.25, 0.3) is 0 Å². The molecule has 0 bridgehead atoms. The standard InChI is InChI=1S/C21H32N4O3/c1-16(21(27)22-18-6-7-18)25-12-10-24(11-13-25)15-20(26)23(2)14-17-4-8-19(28-3)9-5-17/h4-5,8-9,16,18H,6-7,10-15H2,1-3H3,(H,22,27). The average molecular weight is 389 g/mol. The topological polar surface area (TPSA) is 65.1 Å². The van der Waals surface area contributed by atoms with Crippen molar-refractivity contribution in [2.45, 2.75) is 38.4 Å². The lowest BCUT2D eigenvalue weighted by Gasteiger charge is -2.37. The minimum Gasteiger partial charge on any atom is -0.497 e. The molecule has 1 N–H and O–H groups in total. The monoisotopic (exact) mass is 388 g/mol. The number of rotatable bonds is 8. The van der Waals surface area contributed by atoms with Crippen LogP contribution >= 0.6 is 0 Å². The maximum Gasteiger partial charge on any atom is 0.237 e. The molecule has 2 aliphatic rings. The minimum absolute atomic E-state index is 0.101. The summed E-state index contributed by atoms with van der Waals surface area (Å²) in [6.45, 7) is 6.22. The Morgan fingerprint density at radius 1 is 1.18 bits per heavy atom. The van der Waals surface area contributed by atoms with Crippen molar-refractivity contribution in [1.29, 1.82) is 0 Å². The Morgan fingerprint density at radius 3 is 2.39 bits per heavy atom. The third-order valence-corrected chi connectivity index (χ3v) is 5.62. The van der Waals surface area contributed by atoms with Crippen molar-refractivity contribution in [2.75, 3.05) is 46.9 Å². The molecular formula is C21H32N4O3. The Bertz CT molecular complexity index is 667. The number of carbonyl (C=O) groups is 2. The van der Waals surface area contributed by atoms with Gasteiger partial charge in [0.05, 0.1) is 19.7 Å². The van der Waals surface area contributed by atoms with Gasteiger partial charge in [-0.15, -0.1) is 0 Å². The molecule has 1 atom stereocenters. The molecule has 1 aromatic rings. The molecule has 28 heavy (non-hydrogen) atoms. The van der Waals surface area contributed by atoms with Crippen molar-refractivity contribution in [3.05, 3.63) is 29.8 Å². The van der Waals surface area contributed by atoms with Gasteiger partial charge in [0.2, 0.25) is 11.8 Å². The second kappa shape index (κ2) is 9.39. The summed E-state index contributed by atoms with van der Waals surface area (Å²) >= 11 is 0. The van der Waals surface area contributed by atoms with Crippen LogP contribution in [0.25, 0.3) is 0 Å². The number of amides is 2. The zero-order chi connectivity index (χ0) is 20.1. The molecule has 0 aromatic heterocycles. The molecule has 1 aliphatic heterocycles. The van der Waals surface area contributed by atoms with Crippen LogP contribution in [-0.2, 0) is 16.1 Å². The van der Waals surface area contributed by atoms with Crippen LogP contribution in [0.3, 0.4) is 0 Å². The Hall–Kier alpha value is -2.12. The Balaban J connectivity index is 1.40. The van der Waals surface area contributed by atoms with Crippen molar-refractivity contribution in [2.24, 2.45) is 0 Å². The number of hydrogen-bond donors (Lipinski definition) is 1. The van der Waals surface area contributed by atoms with Gasteiger partial charge in [-0.25, -0.2) is 0 Å². The van der Waals surface area contributed by atoms with Gasteiger partial charge in [-0.3, -0.25) is 19.4 Å². The lowest BCUT2D eigenvalue weighted by Crippen LogP contribution is -2.55. The molecule has 0 spiro atoms. The maximum atomic E-state index is 12.6. The summed E-state index contributed by atoms with van der Waals surface area (Å²) < 4.78 is 5.17. The first-order valence-corrected chi connectivity index (χ1v) is 10.1. The van der Waals surface area contributed by atoms with Crippen LogP contribution in [0.2, 0.25) is 0 Å². The molecule has 1 saturated carbocycles. The van der Waals surface area contributed by atoms with Crippen LogP contribution in [0.5, 0.6) is 5.75 Å². The SMILES string of the molecule is COc1ccc(CN(C)C(=O)CN2CCN(C(C)C(=O)NC3CC3)CC2)cc1. The largest absolute Gasteiger partial charge is 0.497 e. The lowest BCUT2D eigenvalue weighted by molar-refractivity contribution is -0.133. The fourth-order valence-electron chi connectivity index (χ4n) is 3.43. The fourth-order valence-corrected chi connectivity index (χ4v) is 3.43. The summed E-state index contributed by atoms with van der Waals surface area (Å²) in [7, 11) is 3.48. The molecule has 1 aliphatic carbocycles. The van der Waals surface area contributed by atoms with Gasteiger partial charge in [0.15, 0.2) is 0 Å². The molecule has 2 amide bonds. The third kappa shape index (κ3) is 5.69. The second-order valence-corrected chi connectivity index (χ2v) is 7.87. The molecular weight excluding hydrogens is 356 g/mol. The molecule has 7 nitrogen and oxygen atoms in total. The van der Waals surface area contributed by atoms with Gasteiger partial charge in [0, 0.05) is 45.8 Å². The molecule has 1 saturated heterocycles. The summed E-state index contributed by atoms with van der Waals surface area (Å²) in [5.41, 5.74) is 1.08. The first kappa shape index (κ1) is 20.6. The van der Waals surface area contributed by atoms with Gasteiger partial charge in [-0.05, 0) is 37.5 Å². The van der Waals surface area contributed by atoms with E-state index in [1.807, 2.05) is 38.2 Å². The number of carbonyl (C=O) groups excluding carboxylic acids is 2. The van der Waals surface area contributed by atoms with Crippen molar-refractivity contribution >= 4 is 11.8 Å². The van der Waals surface area contributed by atoms with E-state index in [0.29, 0.717) is 19.1 Å². The van der Waals surface area contributed by atoms with E-state index in [-0.39, 0.29) is 17.9 Å². The molecule has 1 unspecified atom stereocenters. The number of hydrogen-bond acceptors (Lipinski definition) is 5. The highest BCUT2D eigenvalue weighted by atomic mass is 16.5. The van der Waals surface area contributed by atoms with E-state index in [9.17, 15) is 9.59 Å². The quantitative estimate of drug-likeness (QED) is 0.718. The third-order valence-electron chi connectivity index (χ3n) is 5.62. The molecule has 2 fully saturated rings. The second-order valence-electron chi connectivity index (χ2n) is 7.87. The zero-order valence-electron chi connectivity index (χ0n) is 17.2. The highest BCUT2D eigenvalue weighted by molar-refractivity contribution is 5.82. The van der Waals surface area contributed by atoms with Crippen molar-refractivity contribution < 1.29 is 14.3 Å². The number of methoxy groups -OCH3 is 1. The van der Waals surface area contributed by atoms with Crippen molar-refractivity contribution in [3.63, 3.8) is 0 Å². The summed E-state index contributed by atoms with van der Waals surface area (Å²) in [6, 6.07) is 8.08. The Kier molecular flexibility index (Phi) is 6.91. The number of nitrogens with zero attached hydrogens (tertiary/aromatic N) is 3. The van der Waals surface area contributed by atoms with Crippen LogP contribution in [0.15, 0.2) is 24.3 Å². The van der Waals surface area contributed by atoms with E-state index >= 15 is 0 Å². The summed E-state index contributed by atoms with van der Waals surface area (Å²) in [5.74, 6) is 1.06. The summed E-state index contributed by atoms with van der Waals surface area (Å²) in [4.78, 5) is 30.9. The maximum absolute atomic E-state index is 12.6. The van der Waals surface area contributed by atoms with Crippen LogP contribution in [0, 0.1) is 0 Å². The Morgan fingerprint density at radius 2 is 1.82 bits per heavy atom. The van der Waals surface area contributed by atoms with E-state index in [2.05, 4.69) is 15.1 Å². The molecule has 7 heteroatoms. The molecule has 1 heterocycles. The van der Waals surface area contributed by atoms with Crippen LogP contribution in [0.1, 0.15) is 25.3 Å². The highest BCUT2D eigenvalue weighted by Gasteiger charge is 2.30. The number of benzene rings is 1. The molecule has 0 radical (unpaired) electrons. The van der Waals surface area contributed by atoms with Crippen molar-refractivity contribution in [3.8, 4) is 5.75 Å². The summed E-state index contributed by atoms with van der Waals surface area (Å²) in [5, 5.41) is 3.08. The lowest BCUT2D eigenvalue weighted by atomic mass is 10.2. The summed E-state index contributed by atoms with van der Waals surface area (Å²) in [6.07, 6.45) is 2.22. The van der Waals surface area contributed by atoms with Gasteiger partial charge in [-0.1, -0.05) is 12.1 Å². The highest BCUT2D eigenvalue weighted by Crippen LogP contribution is 2.19. The van der Waals surface area contributed by atoms with E-state index in [1.165, 1.54) is 0 Å². The molecule has 154 valence electrons. The number of nitrogens with one attached hydrogen (secondary N) is 1. The van der Waals surface area contributed by atoms with Crippen LogP contribution < -0.4 is 10.1 Å². The molecule has 1 aromatic carbocycles. The smallest absolute Gasteiger partial charge is 0.237 e. The predicted octanol–water partition coefficient (Wildman–Crippen LogP) is 0.938. The van der Waals surface area contributed by atoms with E-state index < -0.39 is 0 Å². The number of piperazine rings is 1. The van der Waals surface area contributed by atoms with Gasteiger partial charge in [0.1, 0.15) is 5.75 Å². The van der Waals surface area contributed by atoms with E-state index in [1.54, 1.807) is 12.0 Å². The van der Waals surface area contributed by atoms with Crippen LogP contribution in [-0.4, -0.2) is 85.5 Å². The first-order chi connectivity index (χ1) is 13.5. The predicted molar refractivity (Wildman–Crippen MR) is 108 cm³/mol. The number of ether oxygens (including phenoxy) is 1. The van der Waals surface area contributed by atoms with Gasteiger partial charge < -0.3 is 15.0 Å². The molecule has 3 rings (SSSR count). The minimum atomic E-state index is -0.101.